The number of aliphatic imine (C=N–C) groups is 1. The summed E-state index contributed by atoms with van der Waals surface area (Å²) >= 11 is 1.45. The van der Waals surface area contributed by atoms with Crippen LogP contribution in [0.3, 0.4) is 0 Å². The number of fused-ring (bicyclic) bond motifs is 3. The Balaban J connectivity index is 2.22. The number of benzene rings is 1. The monoisotopic (exact) mass is 242 g/mol. The molecule has 0 unspecified atom stereocenters. The van der Waals surface area contributed by atoms with Crippen molar-refractivity contribution in [1.82, 2.24) is 9.88 Å². The number of hydrogen-bond acceptors (Lipinski definition) is 5. The van der Waals surface area contributed by atoms with Gasteiger partial charge in [0, 0.05) is 18.7 Å². The zero-order valence-corrected chi connectivity index (χ0v) is 10.2. The van der Waals surface area contributed by atoms with Crippen LogP contribution in [0.2, 0.25) is 0 Å². The second-order valence-electron chi connectivity index (χ2n) is 3.85. The molecule has 2 heterocycles. The van der Waals surface area contributed by atoms with Gasteiger partial charge in [-0.1, -0.05) is 0 Å². The zero-order chi connectivity index (χ0) is 11.8. The van der Waals surface area contributed by atoms with Gasteiger partial charge in [-0.25, -0.2) is 9.98 Å². The van der Waals surface area contributed by atoms with Crippen LogP contribution in [0, 0.1) is 11.3 Å². The van der Waals surface area contributed by atoms with Crippen molar-refractivity contribution in [2.45, 2.75) is 13.5 Å². The molecule has 0 atom stereocenters. The van der Waals surface area contributed by atoms with Crippen molar-refractivity contribution in [3.05, 3.63) is 22.7 Å². The first-order valence-corrected chi connectivity index (χ1v) is 6.24. The Morgan fingerprint density at radius 2 is 2.41 bits per heavy atom. The maximum Gasteiger partial charge on any atom is 0.195 e. The topological polar surface area (TPSA) is 52.3 Å². The highest BCUT2D eigenvalue weighted by atomic mass is 32.1. The van der Waals surface area contributed by atoms with Crippen LogP contribution in [0.25, 0.3) is 10.2 Å². The van der Waals surface area contributed by atoms with Crippen LogP contribution in [-0.4, -0.2) is 22.8 Å². The SMILES string of the molecule is CCN1C=Nc2ccc3nc(C#N)sc3c2C1. The van der Waals surface area contributed by atoms with E-state index < -0.39 is 0 Å². The Kier molecular flexibility index (Phi) is 2.30. The van der Waals surface area contributed by atoms with E-state index in [1.54, 1.807) is 0 Å². The largest absolute Gasteiger partial charge is 0.358 e. The predicted octanol–water partition coefficient (Wildman–Crippen LogP) is 2.66. The third-order valence-electron chi connectivity index (χ3n) is 2.86. The van der Waals surface area contributed by atoms with Gasteiger partial charge in [-0.3, -0.25) is 0 Å². The third-order valence-corrected chi connectivity index (χ3v) is 3.89. The van der Waals surface area contributed by atoms with Gasteiger partial charge in [0.15, 0.2) is 5.01 Å². The van der Waals surface area contributed by atoms with Crippen LogP contribution < -0.4 is 0 Å². The fourth-order valence-electron chi connectivity index (χ4n) is 1.94. The summed E-state index contributed by atoms with van der Waals surface area (Å²) in [6.07, 6.45) is 1.88. The normalized spacial score (nSPS) is 13.8. The van der Waals surface area contributed by atoms with Crippen molar-refractivity contribution < 1.29 is 0 Å². The lowest BCUT2D eigenvalue weighted by Crippen LogP contribution is -2.23. The smallest absolute Gasteiger partial charge is 0.195 e. The van der Waals surface area contributed by atoms with Crippen molar-refractivity contribution in [1.29, 1.82) is 5.26 Å². The molecule has 0 radical (unpaired) electrons. The van der Waals surface area contributed by atoms with E-state index in [2.05, 4.69) is 27.9 Å². The molecule has 0 spiro atoms. The Hall–Kier alpha value is -1.93. The summed E-state index contributed by atoms with van der Waals surface area (Å²) in [5, 5.41) is 9.42. The van der Waals surface area contributed by atoms with Crippen LogP contribution >= 0.6 is 11.3 Å². The van der Waals surface area contributed by atoms with Crippen molar-refractivity contribution in [3.63, 3.8) is 0 Å². The minimum absolute atomic E-state index is 0.519. The highest BCUT2D eigenvalue weighted by Crippen LogP contribution is 2.34. The molecule has 84 valence electrons. The third kappa shape index (κ3) is 1.58. The van der Waals surface area contributed by atoms with E-state index in [9.17, 15) is 0 Å². The van der Waals surface area contributed by atoms with Crippen molar-refractivity contribution in [3.8, 4) is 6.07 Å². The van der Waals surface area contributed by atoms with Crippen LogP contribution in [0.5, 0.6) is 0 Å². The Bertz CT molecular complexity index is 650. The number of nitriles is 1. The summed E-state index contributed by atoms with van der Waals surface area (Å²) in [6.45, 7) is 3.88. The summed E-state index contributed by atoms with van der Waals surface area (Å²) in [5.41, 5.74) is 3.08. The predicted molar refractivity (Wildman–Crippen MR) is 68.6 cm³/mol. The van der Waals surface area contributed by atoms with Crippen LogP contribution in [-0.2, 0) is 6.54 Å². The average Bonchev–Trinajstić information content (AvgIpc) is 2.81. The number of hydrogen-bond donors (Lipinski definition) is 0. The van der Waals surface area contributed by atoms with Gasteiger partial charge in [0.2, 0.25) is 0 Å². The van der Waals surface area contributed by atoms with E-state index in [0.29, 0.717) is 5.01 Å². The number of rotatable bonds is 1. The summed E-state index contributed by atoms with van der Waals surface area (Å²) in [4.78, 5) is 10.9. The minimum atomic E-state index is 0.519. The Labute approximate surface area is 103 Å². The molecule has 1 aromatic carbocycles. The van der Waals surface area contributed by atoms with Gasteiger partial charge in [-0.2, -0.15) is 5.26 Å². The average molecular weight is 242 g/mol. The van der Waals surface area contributed by atoms with Gasteiger partial charge in [0.05, 0.1) is 22.2 Å². The quantitative estimate of drug-likeness (QED) is 0.772. The minimum Gasteiger partial charge on any atom is -0.358 e. The second-order valence-corrected chi connectivity index (χ2v) is 4.85. The van der Waals surface area contributed by atoms with Gasteiger partial charge in [-0.05, 0) is 19.1 Å². The molecule has 1 aromatic heterocycles. The Morgan fingerprint density at radius 3 is 3.18 bits per heavy atom. The fourth-order valence-corrected chi connectivity index (χ4v) is 2.83. The van der Waals surface area contributed by atoms with E-state index in [0.717, 1.165) is 29.0 Å². The highest BCUT2D eigenvalue weighted by Gasteiger charge is 2.16. The highest BCUT2D eigenvalue weighted by molar-refractivity contribution is 7.19. The molecule has 0 aliphatic carbocycles. The maximum absolute atomic E-state index is 8.90. The summed E-state index contributed by atoms with van der Waals surface area (Å²) < 4.78 is 1.09. The fraction of sp³-hybridized carbons (Fsp3) is 0.250. The van der Waals surface area contributed by atoms with Crippen molar-refractivity contribution in [2.75, 3.05) is 6.54 Å². The molecule has 2 aromatic rings. The van der Waals surface area contributed by atoms with Crippen LogP contribution in [0.1, 0.15) is 17.5 Å². The molecule has 1 aliphatic rings. The van der Waals surface area contributed by atoms with Gasteiger partial charge in [0.1, 0.15) is 6.07 Å². The first-order chi connectivity index (χ1) is 8.31. The van der Waals surface area contributed by atoms with Gasteiger partial charge in [0.25, 0.3) is 0 Å². The van der Waals surface area contributed by atoms with Gasteiger partial charge >= 0.3 is 0 Å². The molecule has 0 fully saturated rings. The van der Waals surface area contributed by atoms with E-state index >= 15 is 0 Å². The lowest BCUT2D eigenvalue weighted by Gasteiger charge is -2.22. The molecule has 0 amide bonds. The molecule has 0 saturated carbocycles. The number of nitrogens with zero attached hydrogens (tertiary/aromatic N) is 4. The molecular formula is C12H10N4S. The van der Waals surface area contributed by atoms with Crippen LogP contribution in [0.15, 0.2) is 17.1 Å². The first-order valence-electron chi connectivity index (χ1n) is 5.42. The molecule has 4 nitrogen and oxygen atoms in total. The summed E-state index contributed by atoms with van der Waals surface area (Å²) in [6, 6.07) is 6.01. The summed E-state index contributed by atoms with van der Waals surface area (Å²) in [7, 11) is 0. The molecule has 0 saturated heterocycles. The first kappa shape index (κ1) is 10.2. The standard InChI is InChI=1S/C12H10N4S/c1-2-16-6-8-9(14-7-16)3-4-10-12(8)17-11(5-13)15-10/h3-4,7H,2,6H2,1H3. The molecule has 5 heteroatoms. The molecule has 17 heavy (non-hydrogen) atoms. The van der Waals surface area contributed by atoms with E-state index in [-0.39, 0.29) is 0 Å². The van der Waals surface area contributed by atoms with Gasteiger partial charge in [-0.15, -0.1) is 11.3 Å². The van der Waals surface area contributed by atoms with E-state index in [4.69, 9.17) is 5.26 Å². The lowest BCUT2D eigenvalue weighted by molar-refractivity contribution is 0.445. The molecule has 0 N–H and O–H groups in total. The van der Waals surface area contributed by atoms with Crippen molar-refractivity contribution >= 4 is 33.6 Å². The number of aromatic nitrogens is 1. The van der Waals surface area contributed by atoms with E-state index in [1.165, 1.54) is 16.9 Å². The number of thiazole rings is 1. The van der Waals surface area contributed by atoms with Crippen molar-refractivity contribution in [2.24, 2.45) is 4.99 Å². The molecular weight excluding hydrogens is 232 g/mol. The zero-order valence-electron chi connectivity index (χ0n) is 9.34. The lowest BCUT2D eigenvalue weighted by atomic mass is 10.1. The molecule has 0 bridgehead atoms. The maximum atomic E-state index is 8.90. The Morgan fingerprint density at radius 1 is 1.53 bits per heavy atom. The molecule has 3 rings (SSSR count). The van der Waals surface area contributed by atoms with E-state index in [1.807, 2.05) is 18.5 Å². The summed E-state index contributed by atoms with van der Waals surface area (Å²) in [5.74, 6) is 0. The van der Waals surface area contributed by atoms with Crippen LogP contribution in [0.4, 0.5) is 5.69 Å². The second kappa shape index (κ2) is 3.82. The molecule has 1 aliphatic heterocycles. The van der Waals surface area contributed by atoms with Gasteiger partial charge < -0.3 is 4.90 Å².